The lowest BCUT2D eigenvalue weighted by Gasteiger charge is -2.08. The zero-order valence-electron chi connectivity index (χ0n) is 14.0. The van der Waals surface area contributed by atoms with Crippen molar-refractivity contribution in [2.45, 2.75) is 22.9 Å². The zero-order valence-corrected chi connectivity index (χ0v) is 14.9. The molecule has 0 radical (unpaired) electrons. The van der Waals surface area contributed by atoms with Gasteiger partial charge in [0.25, 0.3) is 0 Å². The molecule has 4 heterocycles. The fourth-order valence-electron chi connectivity index (χ4n) is 2.37. The molecule has 4 aromatic heterocycles. The van der Waals surface area contributed by atoms with E-state index in [9.17, 15) is 13.2 Å². The molecule has 0 amide bonds. The molecule has 0 saturated heterocycles. The predicted octanol–water partition coefficient (Wildman–Crippen LogP) is 3.94. The first-order chi connectivity index (χ1) is 13.5. The summed E-state index contributed by atoms with van der Waals surface area (Å²) in [4.78, 5) is 4.28. The maximum atomic E-state index is 12.7. The number of hydrogen-bond acceptors (Lipinski definition) is 7. The molecule has 0 atom stereocenters. The van der Waals surface area contributed by atoms with E-state index in [1.54, 1.807) is 41.3 Å². The second kappa shape index (κ2) is 7.43. The standard InChI is InChI=1S/C17H11F3N6OS/c18-17(19,20)13-6-7-14(23-22-13)28-16-25-24-15(12-5-1-2-8-21-12)26(16)10-11-4-3-9-27-11/h1-9H,10H2. The molecule has 0 aliphatic heterocycles. The average molecular weight is 404 g/mol. The summed E-state index contributed by atoms with van der Waals surface area (Å²) in [7, 11) is 0. The van der Waals surface area contributed by atoms with Gasteiger partial charge in [-0.1, -0.05) is 6.07 Å². The highest BCUT2D eigenvalue weighted by Crippen LogP contribution is 2.31. The van der Waals surface area contributed by atoms with Crippen LogP contribution in [0, 0.1) is 0 Å². The summed E-state index contributed by atoms with van der Waals surface area (Å²) in [6, 6.07) is 11.1. The molecule has 0 N–H and O–H groups in total. The van der Waals surface area contributed by atoms with Crippen molar-refractivity contribution in [3.8, 4) is 11.5 Å². The lowest BCUT2D eigenvalue weighted by Crippen LogP contribution is -2.09. The number of furan rings is 1. The van der Waals surface area contributed by atoms with Gasteiger partial charge in [-0.3, -0.25) is 9.55 Å². The molecule has 4 rings (SSSR count). The van der Waals surface area contributed by atoms with Crippen LogP contribution in [0.2, 0.25) is 0 Å². The minimum atomic E-state index is -4.54. The Morgan fingerprint density at radius 2 is 1.86 bits per heavy atom. The van der Waals surface area contributed by atoms with Gasteiger partial charge in [-0.25, -0.2) is 0 Å². The van der Waals surface area contributed by atoms with E-state index >= 15 is 0 Å². The fraction of sp³-hybridized carbons (Fsp3) is 0.118. The largest absolute Gasteiger partial charge is 0.467 e. The van der Waals surface area contributed by atoms with E-state index in [1.807, 2.05) is 6.07 Å². The van der Waals surface area contributed by atoms with Crippen LogP contribution in [0.1, 0.15) is 11.5 Å². The predicted molar refractivity (Wildman–Crippen MR) is 92.2 cm³/mol. The number of hydrogen-bond donors (Lipinski definition) is 0. The van der Waals surface area contributed by atoms with Crippen LogP contribution in [0.3, 0.4) is 0 Å². The average Bonchev–Trinajstić information content (AvgIpc) is 3.33. The molecule has 0 bridgehead atoms. The third-order valence-electron chi connectivity index (χ3n) is 3.63. The topological polar surface area (TPSA) is 82.5 Å². The third-order valence-corrected chi connectivity index (χ3v) is 4.54. The van der Waals surface area contributed by atoms with Crippen LogP contribution in [0.4, 0.5) is 13.2 Å². The molecule has 0 fully saturated rings. The monoisotopic (exact) mass is 404 g/mol. The van der Waals surface area contributed by atoms with Crippen molar-refractivity contribution < 1.29 is 17.6 Å². The first kappa shape index (κ1) is 18.2. The molecule has 0 aromatic carbocycles. The van der Waals surface area contributed by atoms with Crippen molar-refractivity contribution in [3.63, 3.8) is 0 Å². The molecule has 0 spiro atoms. The Hall–Kier alpha value is -3.21. The van der Waals surface area contributed by atoms with E-state index in [4.69, 9.17) is 4.42 Å². The highest BCUT2D eigenvalue weighted by Gasteiger charge is 2.33. The minimum absolute atomic E-state index is 0.258. The van der Waals surface area contributed by atoms with Gasteiger partial charge in [-0.2, -0.15) is 13.2 Å². The molecule has 28 heavy (non-hydrogen) atoms. The molecule has 0 aliphatic rings. The number of alkyl halides is 3. The van der Waals surface area contributed by atoms with Crippen molar-refractivity contribution in [2.24, 2.45) is 0 Å². The molecule has 0 saturated carbocycles. The van der Waals surface area contributed by atoms with E-state index in [2.05, 4.69) is 25.4 Å². The summed E-state index contributed by atoms with van der Waals surface area (Å²) in [5.41, 5.74) is -0.449. The maximum Gasteiger partial charge on any atom is 0.435 e. The van der Waals surface area contributed by atoms with Gasteiger partial charge in [0.2, 0.25) is 0 Å². The molecule has 11 heteroatoms. The number of rotatable bonds is 5. The van der Waals surface area contributed by atoms with E-state index in [0.717, 1.165) is 17.8 Å². The Bertz CT molecular complexity index is 1050. The van der Waals surface area contributed by atoms with Gasteiger partial charge in [-0.05, 0) is 48.2 Å². The Morgan fingerprint density at radius 1 is 0.964 bits per heavy atom. The Balaban J connectivity index is 1.67. The number of pyridine rings is 1. The number of halogens is 3. The first-order valence-electron chi connectivity index (χ1n) is 7.96. The Labute approximate surface area is 160 Å². The zero-order chi connectivity index (χ0) is 19.6. The first-order valence-corrected chi connectivity index (χ1v) is 8.78. The number of nitrogens with zero attached hydrogens (tertiary/aromatic N) is 6. The van der Waals surface area contributed by atoms with Crippen LogP contribution in [0.5, 0.6) is 0 Å². The lowest BCUT2D eigenvalue weighted by molar-refractivity contribution is -0.141. The van der Waals surface area contributed by atoms with Gasteiger partial charge in [-0.15, -0.1) is 20.4 Å². The highest BCUT2D eigenvalue weighted by atomic mass is 32.2. The molecule has 0 unspecified atom stereocenters. The molecule has 4 aromatic rings. The summed E-state index contributed by atoms with van der Waals surface area (Å²) in [5.74, 6) is 1.16. The fourth-order valence-corrected chi connectivity index (χ4v) is 3.12. The molecular weight excluding hydrogens is 393 g/mol. The second-order valence-electron chi connectivity index (χ2n) is 5.54. The quantitative estimate of drug-likeness (QED) is 0.498. The summed E-state index contributed by atoms with van der Waals surface area (Å²) in [6.07, 6.45) is -1.36. The third kappa shape index (κ3) is 3.88. The van der Waals surface area contributed by atoms with Crippen molar-refractivity contribution in [2.75, 3.05) is 0 Å². The summed E-state index contributed by atoms with van der Waals surface area (Å²) in [6.45, 7) is 0.322. The smallest absolute Gasteiger partial charge is 0.435 e. The van der Waals surface area contributed by atoms with Crippen molar-refractivity contribution in [1.29, 1.82) is 0 Å². The van der Waals surface area contributed by atoms with Crippen LogP contribution in [0.25, 0.3) is 11.5 Å². The van der Waals surface area contributed by atoms with Gasteiger partial charge in [0.1, 0.15) is 16.5 Å². The van der Waals surface area contributed by atoms with Gasteiger partial charge in [0.05, 0.1) is 12.8 Å². The summed E-state index contributed by atoms with van der Waals surface area (Å²) < 4.78 is 45.1. The van der Waals surface area contributed by atoms with E-state index in [-0.39, 0.29) is 5.03 Å². The van der Waals surface area contributed by atoms with Crippen LogP contribution in [-0.2, 0) is 12.7 Å². The van der Waals surface area contributed by atoms with Gasteiger partial charge in [0.15, 0.2) is 16.7 Å². The minimum Gasteiger partial charge on any atom is -0.467 e. The summed E-state index contributed by atoms with van der Waals surface area (Å²) >= 11 is 1.05. The second-order valence-corrected chi connectivity index (χ2v) is 6.53. The van der Waals surface area contributed by atoms with Gasteiger partial charge < -0.3 is 4.42 Å². The van der Waals surface area contributed by atoms with Gasteiger partial charge in [0, 0.05) is 6.20 Å². The van der Waals surface area contributed by atoms with Crippen LogP contribution >= 0.6 is 11.8 Å². The van der Waals surface area contributed by atoms with E-state index < -0.39 is 11.9 Å². The Morgan fingerprint density at radius 3 is 2.50 bits per heavy atom. The van der Waals surface area contributed by atoms with E-state index in [0.29, 0.717) is 29.0 Å². The molecule has 0 aliphatic carbocycles. The highest BCUT2D eigenvalue weighted by molar-refractivity contribution is 7.99. The number of aromatic nitrogens is 6. The normalized spacial score (nSPS) is 11.7. The maximum absolute atomic E-state index is 12.7. The SMILES string of the molecule is FC(F)(F)c1ccc(Sc2nnc(-c3ccccn3)n2Cc2ccco2)nn1. The van der Waals surface area contributed by atoms with Crippen LogP contribution in [0.15, 0.2) is 69.5 Å². The van der Waals surface area contributed by atoms with Crippen molar-refractivity contribution in [3.05, 3.63) is 66.4 Å². The summed E-state index contributed by atoms with van der Waals surface area (Å²) in [5, 5.41) is 15.9. The molecule has 142 valence electrons. The van der Waals surface area contributed by atoms with Crippen LogP contribution < -0.4 is 0 Å². The lowest BCUT2D eigenvalue weighted by atomic mass is 10.3. The van der Waals surface area contributed by atoms with Crippen molar-refractivity contribution in [1.82, 2.24) is 29.9 Å². The molecular formula is C17H11F3N6OS. The molecule has 7 nitrogen and oxygen atoms in total. The van der Waals surface area contributed by atoms with Crippen molar-refractivity contribution >= 4 is 11.8 Å². The Kier molecular flexibility index (Phi) is 4.82. The van der Waals surface area contributed by atoms with E-state index in [1.165, 1.54) is 6.07 Å². The van der Waals surface area contributed by atoms with Crippen LogP contribution in [-0.4, -0.2) is 29.9 Å². The van der Waals surface area contributed by atoms with Gasteiger partial charge >= 0.3 is 6.18 Å².